The number of ether oxygens (including phenoxy) is 2. The summed E-state index contributed by atoms with van der Waals surface area (Å²) in [7, 11) is 1.97. The Bertz CT molecular complexity index is 826. The zero-order valence-corrected chi connectivity index (χ0v) is 17.4. The Balaban J connectivity index is 1.48. The van der Waals surface area contributed by atoms with Gasteiger partial charge in [-0.2, -0.15) is 0 Å². The summed E-state index contributed by atoms with van der Waals surface area (Å²) < 4.78 is 11.8. The summed E-state index contributed by atoms with van der Waals surface area (Å²) in [5.41, 5.74) is 1.74. The molecule has 0 spiro atoms. The Morgan fingerprint density at radius 3 is 2.86 bits per heavy atom. The molecule has 1 aliphatic heterocycles. The van der Waals surface area contributed by atoms with Crippen LogP contribution >= 0.6 is 0 Å². The zero-order valence-electron chi connectivity index (χ0n) is 17.4. The van der Waals surface area contributed by atoms with E-state index in [1.165, 1.54) is 6.92 Å². The fraction of sp³-hybridized carbons (Fsp3) is 0.435. The van der Waals surface area contributed by atoms with Crippen molar-refractivity contribution in [2.24, 2.45) is 0 Å². The third-order valence-electron chi connectivity index (χ3n) is 5.03. The van der Waals surface area contributed by atoms with Crippen LogP contribution in [0, 0.1) is 0 Å². The van der Waals surface area contributed by atoms with E-state index in [4.69, 9.17) is 9.47 Å². The molecule has 1 heterocycles. The van der Waals surface area contributed by atoms with Crippen molar-refractivity contribution in [1.82, 2.24) is 4.90 Å². The maximum atomic E-state index is 11.5. The molecule has 6 heteroatoms. The highest BCUT2D eigenvalue weighted by molar-refractivity contribution is 5.94. The Morgan fingerprint density at radius 1 is 1.31 bits per heavy atom. The Morgan fingerprint density at radius 2 is 2.10 bits per heavy atom. The molecule has 0 saturated heterocycles. The fourth-order valence-electron chi connectivity index (χ4n) is 3.61. The lowest BCUT2D eigenvalue weighted by Crippen LogP contribution is -2.47. The number of carbonyl (C=O) groups is 1. The van der Waals surface area contributed by atoms with Gasteiger partial charge in [0.15, 0.2) is 5.78 Å². The van der Waals surface area contributed by atoms with Crippen molar-refractivity contribution in [2.45, 2.75) is 26.1 Å². The highest BCUT2D eigenvalue weighted by Gasteiger charge is 2.26. The van der Waals surface area contributed by atoms with Gasteiger partial charge in [0, 0.05) is 25.2 Å². The highest BCUT2D eigenvalue weighted by atomic mass is 16.5. The number of benzene rings is 2. The first-order valence-corrected chi connectivity index (χ1v) is 10.1. The third-order valence-corrected chi connectivity index (χ3v) is 5.03. The van der Waals surface area contributed by atoms with Gasteiger partial charge < -0.3 is 19.5 Å². The summed E-state index contributed by atoms with van der Waals surface area (Å²) >= 11 is 0. The molecule has 0 radical (unpaired) electrons. The number of para-hydroxylation sites is 2. The number of anilines is 1. The number of likely N-dealkylation sites (N-methyl/N-ethyl adjacent to an activating group) is 2. The van der Waals surface area contributed by atoms with Crippen molar-refractivity contribution >= 4 is 11.5 Å². The minimum Gasteiger partial charge on any atom is -0.491 e. The second kappa shape index (κ2) is 9.76. The van der Waals surface area contributed by atoms with Crippen LogP contribution in [0.3, 0.4) is 0 Å². The molecule has 0 bridgehead atoms. The summed E-state index contributed by atoms with van der Waals surface area (Å²) in [6, 6.07) is 15.1. The molecule has 6 nitrogen and oxygen atoms in total. The molecule has 0 aromatic heterocycles. The molecule has 1 N–H and O–H groups in total. The van der Waals surface area contributed by atoms with Gasteiger partial charge >= 0.3 is 0 Å². The smallest absolute Gasteiger partial charge is 0.159 e. The molecule has 2 aromatic carbocycles. The van der Waals surface area contributed by atoms with Crippen molar-refractivity contribution in [3.8, 4) is 11.5 Å². The van der Waals surface area contributed by atoms with Gasteiger partial charge in [0.2, 0.25) is 0 Å². The van der Waals surface area contributed by atoms with Crippen LogP contribution in [0.25, 0.3) is 0 Å². The fourth-order valence-corrected chi connectivity index (χ4v) is 3.61. The molecule has 0 unspecified atom stereocenters. The number of hydrogen-bond donors (Lipinski definition) is 1. The first kappa shape index (κ1) is 21.1. The average Bonchev–Trinajstić information content (AvgIpc) is 2.71. The summed E-state index contributed by atoms with van der Waals surface area (Å²) in [5, 5.41) is 10.4. The Kier molecular flexibility index (Phi) is 7.12. The zero-order chi connectivity index (χ0) is 20.8. The second-order valence-corrected chi connectivity index (χ2v) is 7.52. The van der Waals surface area contributed by atoms with Crippen LogP contribution < -0.4 is 14.4 Å². The van der Waals surface area contributed by atoms with E-state index in [0.29, 0.717) is 24.4 Å². The van der Waals surface area contributed by atoms with Crippen LogP contribution in [0.1, 0.15) is 24.2 Å². The first-order chi connectivity index (χ1) is 14.0. The van der Waals surface area contributed by atoms with Crippen molar-refractivity contribution in [3.05, 3.63) is 54.1 Å². The predicted octanol–water partition coefficient (Wildman–Crippen LogP) is 2.85. The lowest BCUT2D eigenvalue weighted by atomic mass is 10.1. The van der Waals surface area contributed by atoms with Gasteiger partial charge in [-0.1, -0.05) is 24.3 Å². The van der Waals surface area contributed by atoms with E-state index in [0.717, 1.165) is 24.5 Å². The van der Waals surface area contributed by atoms with Gasteiger partial charge in [-0.05, 0) is 45.2 Å². The van der Waals surface area contributed by atoms with Gasteiger partial charge in [0.25, 0.3) is 0 Å². The van der Waals surface area contributed by atoms with E-state index < -0.39 is 6.10 Å². The molecule has 29 heavy (non-hydrogen) atoms. The first-order valence-electron chi connectivity index (χ1n) is 10.1. The van der Waals surface area contributed by atoms with E-state index in [9.17, 15) is 9.90 Å². The number of rotatable bonds is 9. The molecule has 1 aliphatic rings. The predicted molar refractivity (Wildman–Crippen MR) is 114 cm³/mol. The summed E-state index contributed by atoms with van der Waals surface area (Å²) in [6.07, 6.45) is -0.602. The number of aliphatic hydroxyl groups excluding tert-OH is 1. The maximum absolute atomic E-state index is 11.5. The van der Waals surface area contributed by atoms with E-state index in [2.05, 4.69) is 22.8 Å². The van der Waals surface area contributed by atoms with E-state index in [1.807, 2.05) is 25.2 Å². The Labute approximate surface area is 172 Å². The van der Waals surface area contributed by atoms with Crippen molar-refractivity contribution < 1.29 is 19.4 Å². The quantitative estimate of drug-likeness (QED) is 0.656. The van der Waals surface area contributed by atoms with Crippen LogP contribution in [0.4, 0.5) is 5.69 Å². The standard InChI is InChI=1S/C23H30N2O4/c1-4-25-15-21(29-23-11-6-5-10-22(23)25)14-24(3)13-19(27)16-28-20-9-7-8-18(12-20)17(2)26/h5-12,19,21,27H,4,13-16H2,1-3H3/t19-,21+/m0/s1. The number of Topliss-reactive ketones (excluding diaryl/α,β-unsaturated/α-hetero) is 1. The molecule has 0 fully saturated rings. The monoisotopic (exact) mass is 398 g/mol. The second-order valence-electron chi connectivity index (χ2n) is 7.52. The van der Waals surface area contributed by atoms with Gasteiger partial charge in [-0.15, -0.1) is 0 Å². The van der Waals surface area contributed by atoms with Gasteiger partial charge in [0.05, 0.1) is 12.2 Å². The number of hydrogen-bond acceptors (Lipinski definition) is 6. The number of nitrogens with zero attached hydrogens (tertiary/aromatic N) is 2. The number of aliphatic hydroxyl groups is 1. The molecule has 0 amide bonds. The minimum absolute atomic E-state index is 0.00842. The van der Waals surface area contributed by atoms with Crippen LogP contribution in [0.15, 0.2) is 48.5 Å². The lowest BCUT2D eigenvalue weighted by molar-refractivity contribution is 0.0606. The SMILES string of the molecule is CCN1C[C@@H](CN(C)C[C@H](O)COc2cccc(C(C)=O)c2)Oc2ccccc21. The molecule has 2 atom stereocenters. The number of fused-ring (bicyclic) bond motifs is 1. The summed E-state index contributed by atoms with van der Waals surface area (Å²) in [4.78, 5) is 15.8. The number of carbonyl (C=O) groups excluding carboxylic acids is 1. The summed E-state index contributed by atoms with van der Waals surface area (Å²) in [6.45, 7) is 6.76. The van der Waals surface area contributed by atoms with E-state index >= 15 is 0 Å². The summed E-state index contributed by atoms with van der Waals surface area (Å²) in [5.74, 6) is 1.49. The minimum atomic E-state index is -0.640. The molecule has 156 valence electrons. The van der Waals surface area contributed by atoms with Crippen molar-refractivity contribution in [3.63, 3.8) is 0 Å². The van der Waals surface area contributed by atoms with Gasteiger partial charge in [0.1, 0.15) is 30.3 Å². The molecular weight excluding hydrogens is 368 g/mol. The molecule has 0 saturated carbocycles. The van der Waals surface area contributed by atoms with E-state index in [1.54, 1.807) is 24.3 Å². The lowest BCUT2D eigenvalue weighted by Gasteiger charge is -2.37. The molecule has 2 aromatic rings. The highest BCUT2D eigenvalue weighted by Crippen LogP contribution is 2.32. The molecule has 3 rings (SSSR count). The largest absolute Gasteiger partial charge is 0.491 e. The van der Waals surface area contributed by atoms with Crippen LogP contribution in [-0.2, 0) is 0 Å². The van der Waals surface area contributed by atoms with Crippen LogP contribution in [0.5, 0.6) is 11.5 Å². The van der Waals surface area contributed by atoms with Crippen LogP contribution in [0.2, 0.25) is 0 Å². The Hall–Kier alpha value is -2.57. The number of ketones is 1. The van der Waals surface area contributed by atoms with Gasteiger partial charge in [-0.3, -0.25) is 9.69 Å². The normalized spacial score (nSPS) is 16.9. The maximum Gasteiger partial charge on any atom is 0.159 e. The van der Waals surface area contributed by atoms with E-state index in [-0.39, 0.29) is 18.5 Å². The molecule has 0 aliphatic carbocycles. The molecular formula is C23H30N2O4. The third kappa shape index (κ3) is 5.71. The van der Waals surface area contributed by atoms with Gasteiger partial charge in [-0.25, -0.2) is 0 Å². The topological polar surface area (TPSA) is 62.2 Å². The average molecular weight is 399 g/mol. The van der Waals surface area contributed by atoms with Crippen molar-refractivity contribution in [2.75, 3.05) is 44.7 Å². The van der Waals surface area contributed by atoms with Crippen molar-refractivity contribution in [1.29, 1.82) is 0 Å². The van der Waals surface area contributed by atoms with Crippen LogP contribution in [-0.4, -0.2) is 67.8 Å².